The van der Waals surface area contributed by atoms with E-state index in [9.17, 15) is 4.79 Å². The summed E-state index contributed by atoms with van der Waals surface area (Å²) < 4.78 is 19.4. The summed E-state index contributed by atoms with van der Waals surface area (Å²) in [5, 5.41) is 0. The average Bonchev–Trinajstić information content (AvgIpc) is 3.46. The first kappa shape index (κ1) is 19.0. The number of ether oxygens (including phenoxy) is 2. The SMILES string of the molecule is Cc1nc(C(=O)Cc2cn3cc(C45CCC(C)(C4)OC5)nc3c(OC3CCC3)n2)co1. The van der Waals surface area contributed by atoms with E-state index in [2.05, 4.69) is 18.1 Å². The van der Waals surface area contributed by atoms with Crippen LogP contribution in [-0.4, -0.2) is 43.4 Å². The van der Waals surface area contributed by atoms with Gasteiger partial charge in [-0.1, -0.05) is 0 Å². The van der Waals surface area contributed by atoms with Gasteiger partial charge in [-0.05, 0) is 45.4 Å². The number of hydrogen-bond acceptors (Lipinski definition) is 7. The van der Waals surface area contributed by atoms with Crippen molar-refractivity contribution in [3.63, 3.8) is 0 Å². The number of carbonyl (C=O) groups excluding carboxylic acids is 1. The summed E-state index contributed by atoms with van der Waals surface area (Å²) in [6.07, 6.45) is 12.0. The van der Waals surface area contributed by atoms with Crippen LogP contribution in [0.2, 0.25) is 0 Å². The first-order chi connectivity index (χ1) is 14.9. The van der Waals surface area contributed by atoms with Gasteiger partial charge in [-0.15, -0.1) is 0 Å². The van der Waals surface area contributed by atoms with Crippen molar-refractivity contribution in [3.05, 3.63) is 41.6 Å². The Morgan fingerprint density at radius 1 is 1.26 bits per heavy atom. The summed E-state index contributed by atoms with van der Waals surface area (Å²) in [6.45, 7) is 4.62. The summed E-state index contributed by atoms with van der Waals surface area (Å²) in [6, 6.07) is 0. The first-order valence-corrected chi connectivity index (χ1v) is 11.1. The summed E-state index contributed by atoms with van der Waals surface area (Å²) in [7, 11) is 0. The molecule has 2 aliphatic carbocycles. The smallest absolute Gasteiger partial charge is 0.258 e. The van der Waals surface area contributed by atoms with Crippen LogP contribution in [0.25, 0.3) is 5.65 Å². The van der Waals surface area contributed by atoms with Crippen LogP contribution in [-0.2, 0) is 16.6 Å². The molecule has 0 radical (unpaired) electrons. The van der Waals surface area contributed by atoms with Crippen LogP contribution in [0.4, 0.5) is 0 Å². The minimum absolute atomic E-state index is 0.0351. The van der Waals surface area contributed by atoms with Crippen LogP contribution in [0.3, 0.4) is 0 Å². The second-order valence-electron chi connectivity index (χ2n) is 9.61. The molecule has 8 heteroatoms. The summed E-state index contributed by atoms with van der Waals surface area (Å²) in [5.74, 6) is 0.850. The monoisotopic (exact) mass is 422 g/mol. The molecule has 8 nitrogen and oxygen atoms in total. The number of oxazole rings is 1. The lowest BCUT2D eigenvalue weighted by atomic mass is 9.84. The van der Waals surface area contributed by atoms with Crippen molar-refractivity contribution in [1.82, 2.24) is 19.4 Å². The summed E-state index contributed by atoms with van der Waals surface area (Å²) in [4.78, 5) is 26.5. The number of rotatable bonds is 6. The molecule has 162 valence electrons. The van der Waals surface area contributed by atoms with Gasteiger partial charge in [0.1, 0.15) is 18.1 Å². The Morgan fingerprint density at radius 2 is 2.13 bits per heavy atom. The number of fused-ring (bicyclic) bond motifs is 3. The first-order valence-electron chi connectivity index (χ1n) is 11.1. The number of Topliss-reactive ketones (excluding diaryl/α,β-unsaturated/α-hetero) is 1. The van der Waals surface area contributed by atoms with E-state index in [1.54, 1.807) is 6.92 Å². The Hall–Kier alpha value is -2.74. The predicted molar refractivity (Wildman–Crippen MR) is 110 cm³/mol. The Kier molecular flexibility index (Phi) is 4.06. The van der Waals surface area contributed by atoms with Crippen molar-refractivity contribution in [2.24, 2.45) is 0 Å². The number of aryl methyl sites for hydroxylation is 1. The predicted octanol–water partition coefficient (Wildman–Crippen LogP) is 3.59. The minimum atomic E-state index is -0.132. The molecule has 1 aliphatic heterocycles. The lowest BCUT2D eigenvalue weighted by molar-refractivity contribution is -0.00627. The third-order valence-electron chi connectivity index (χ3n) is 7.12. The van der Waals surface area contributed by atoms with E-state index in [1.807, 2.05) is 10.6 Å². The van der Waals surface area contributed by atoms with Gasteiger partial charge >= 0.3 is 0 Å². The van der Waals surface area contributed by atoms with Gasteiger partial charge in [-0.25, -0.2) is 15.0 Å². The molecule has 4 heterocycles. The van der Waals surface area contributed by atoms with Gasteiger partial charge in [0, 0.05) is 24.7 Å². The molecular formula is C23H26N4O4. The molecule has 3 aliphatic rings. The van der Waals surface area contributed by atoms with Crippen LogP contribution < -0.4 is 4.74 Å². The van der Waals surface area contributed by atoms with E-state index in [0.29, 0.717) is 35.4 Å². The van der Waals surface area contributed by atoms with Crippen molar-refractivity contribution in [3.8, 4) is 5.88 Å². The minimum Gasteiger partial charge on any atom is -0.472 e. The molecule has 2 atom stereocenters. The molecule has 0 aromatic carbocycles. The van der Waals surface area contributed by atoms with Gasteiger partial charge in [0.2, 0.25) is 5.65 Å². The van der Waals surface area contributed by atoms with E-state index in [4.69, 9.17) is 23.9 Å². The van der Waals surface area contributed by atoms with E-state index >= 15 is 0 Å². The molecule has 0 spiro atoms. The third-order valence-corrected chi connectivity index (χ3v) is 7.12. The molecule has 0 amide bonds. The Labute approximate surface area is 180 Å². The highest BCUT2D eigenvalue weighted by molar-refractivity contribution is 5.95. The van der Waals surface area contributed by atoms with Crippen molar-refractivity contribution in [1.29, 1.82) is 0 Å². The van der Waals surface area contributed by atoms with E-state index < -0.39 is 0 Å². The largest absolute Gasteiger partial charge is 0.472 e. The number of imidazole rings is 1. The number of ketones is 1. The van der Waals surface area contributed by atoms with Gasteiger partial charge < -0.3 is 18.3 Å². The Morgan fingerprint density at radius 3 is 2.74 bits per heavy atom. The fourth-order valence-electron chi connectivity index (χ4n) is 5.08. The van der Waals surface area contributed by atoms with Crippen LogP contribution in [0.5, 0.6) is 5.88 Å². The van der Waals surface area contributed by atoms with E-state index in [-0.39, 0.29) is 29.3 Å². The fourth-order valence-corrected chi connectivity index (χ4v) is 5.08. The highest BCUT2D eigenvalue weighted by Gasteiger charge is 2.55. The molecule has 1 saturated heterocycles. The van der Waals surface area contributed by atoms with E-state index in [0.717, 1.165) is 37.8 Å². The highest BCUT2D eigenvalue weighted by Crippen LogP contribution is 2.53. The maximum absolute atomic E-state index is 12.7. The van der Waals surface area contributed by atoms with Crippen molar-refractivity contribution >= 4 is 11.4 Å². The number of nitrogens with zero attached hydrogens (tertiary/aromatic N) is 4. The second-order valence-corrected chi connectivity index (χ2v) is 9.61. The number of aromatic nitrogens is 4. The number of hydrogen-bond donors (Lipinski definition) is 0. The maximum Gasteiger partial charge on any atom is 0.258 e. The standard InChI is InChI=1S/C23H26N4O4/c1-14-24-17(11-29-14)18(28)8-15-9-27-10-19(23-7-6-22(2,12-23)30-13-23)26-20(27)21(25-15)31-16-4-3-5-16/h9-11,16H,3-8,12-13H2,1-2H3. The third kappa shape index (κ3) is 3.15. The van der Waals surface area contributed by atoms with Gasteiger partial charge in [0.05, 0.1) is 30.0 Å². The molecule has 2 unspecified atom stereocenters. The summed E-state index contributed by atoms with van der Waals surface area (Å²) >= 11 is 0. The second kappa shape index (κ2) is 6.63. The fraction of sp³-hybridized carbons (Fsp3) is 0.565. The maximum atomic E-state index is 12.7. The zero-order chi connectivity index (χ0) is 21.2. The lowest BCUT2D eigenvalue weighted by Crippen LogP contribution is -2.27. The van der Waals surface area contributed by atoms with E-state index in [1.165, 1.54) is 12.7 Å². The zero-order valence-electron chi connectivity index (χ0n) is 17.9. The molecular weight excluding hydrogens is 396 g/mol. The van der Waals surface area contributed by atoms with Crippen molar-refractivity contribution in [2.75, 3.05) is 6.61 Å². The quantitative estimate of drug-likeness (QED) is 0.561. The molecule has 2 bridgehead atoms. The van der Waals surface area contributed by atoms with Crippen LogP contribution >= 0.6 is 0 Å². The van der Waals surface area contributed by atoms with Gasteiger partial charge in [-0.2, -0.15) is 0 Å². The topological polar surface area (TPSA) is 91.8 Å². The van der Waals surface area contributed by atoms with Crippen LogP contribution in [0.15, 0.2) is 23.1 Å². The molecule has 0 N–H and O–H groups in total. The molecule has 3 fully saturated rings. The van der Waals surface area contributed by atoms with Gasteiger partial charge in [0.25, 0.3) is 5.88 Å². The Bertz CT molecular complexity index is 1170. The van der Waals surface area contributed by atoms with Crippen LogP contribution in [0.1, 0.15) is 73.2 Å². The average molecular weight is 422 g/mol. The summed E-state index contributed by atoms with van der Waals surface area (Å²) in [5.41, 5.74) is 2.62. The van der Waals surface area contributed by atoms with Crippen LogP contribution in [0, 0.1) is 6.92 Å². The van der Waals surface area contributed by atoms with Crippen molar-refractivity contribution in [2.45, 2.75) is 75.9 Å². The molecule has 31 heavy (non-hydrogen) atoms. The van der Waals surface area contributed by atoms with Gasteiger partial charge in [0.15, 0.2) is 11.7 Å². The normalized spacial score (nSPS) is 27.7. The van der Waals surface area contributed by atoms with Crippen molar-refractivity contribution < 1.29 is 18.7 Å². The highest BCUT2D eigenvalue weighted by atomic mass is 16.5. The zero-order valence-corrected chi connectivity index (χ0v) is 17.9. The Balaban J connectivity index is 1.37. The van der Waals surface area contributed by atoms with Gasteiger partial charge in [-0.3, -0.25) is 4.79 Å². The number of carbonyl (C=O) groups is 1. The molecule has 6 rings (SSSR count). The molecule has 2 saturated carbocycles. The molecule has 3 aromatic rings. The lowest BCUT2D eigenvalue weighted by Gasteiger charge is -2.26. The molecule has 3 aromatic heterocycles.